The summed E-state index contributed by atoms with van der Waals surface area (Å²) in [6.45, 7) is 2.65. The van der Waals surface area contributed by atoms with Crippen LogP contribution < -0.4 is 10.1 Å². The van der Waals surface area contributed by atoms with Gasteiger partial charge in [0.05, 0.1) is 6.61 Å². The lowest BCUT2D eigenvalue weighted by molar-refractivity contribution is 0.341. The molecular formula is C14H16N2O. The summed E-state index contributed by atoms with van der Waals surface area (Å²) in [5.74, 6) is 1.76. The number of benzene rings is 1. The van der Waals surface area contributed by atoms with Crippen LogP contribution in [0.2, 0.25) is 0 Å². The molecule has 0 spiro atoms. The number of hydrogen-bond donors (Lipinski definition) is 1. The van der Waals surface area contributed by atoms with Crippen LogP contribution in [-0.4, -0.2) is 18.6 Å². The number of para-hydroxylation sites is 1. The summed E-state index contributed by atoms with van der Waals surface area (Å²) >= 11 is 0. The van der Waals surface area contributed by atoms with Crippen molar-refractivity contribution >= 4 is 5.82 Å². The number of pyridine rings is 1. The Balaban J connectivity index is 2.37. The average Bonchev–Trinajstić information content (AvgIpc) is 2.40. The molecule has 0 unspecified atom stereocenters. The van der Waals surface area contributed by atoms with E-state index in [1.807, 2.05) is 56.6 Å². The van der Waals surface area contributed by atoms with E-state index < -0.39 is 0 Å². The van der Waals surface area contributed by atoms with Gasteiger partial charge >= 0.3 is 0 Å². The van der Waals surface area contributed by atoms with Crippen molar-refractivity contribution in [3.63, 3.8) is 0 Å². The third-order valence-corrected chi connectivity index (χ3v) is 2.52. The van der Waals surface area contributed by atoms with Crippen LogP contribution in [0.25, 0.3) is 11.1 Å². The van der Waals surface area contributed by atoms with Gasteiger partial charge in [0, 0.05) is 24.4 Å². The van der Waals surface area contributed by atoms with Crippen molar-refractivity contribution in [1.82, 2.24) is 4.98 Å². The molecule has 0 aliphatic rings. The zero-order chi connectivity index (χ0) is 12.1. The van der Waals surface area contributed by atoms with Gasteiger partial charge in [0.2, 0.25) is 0 Å². The molecule has 0 radical (unpaired) electrons. The Bertz CT molecular complexity index is 480. The van der Waals surface area contributed by atoms with Crippen molar-refractivity contribution in [3.8, 4) is 16.9 Å². The number of hydrogen-bond acceptors (Lipinski definition) is 3. The predicted octanol–water partition coefficient (Wildman–Crippen LogP) is 3.19. The second-order valence-corrected chi connectivity index (χ2v) is 3.61. The molecule has 0 amide bonds. The van der Waals surface area contributed by atoms with Crippen LogP contribution in [0.15, 0.2) is 42.6 Å². The minimum Gasteiger partial charge on any atom is -0.493 e. The molecule has 3 nitrogen and oxygen atoms in total. The van der Waals surface area contributed by atoms with Crippen LogP contribution >= 0.6 is 0 Å². The van der Waals surface area contributed by atoms with Crippen molar-refractivity contribution in [1.29, 1.82) is 0 Å². The van der Waals surface area contributed by atoms with E-state index in [1.165, 1.54) is 0 Å². The largest absolute Gasteiger partial charge is 0.493 e. The quantitative estimate of drug-likeness (QED) is 0.872. The van der Waals surface area contributed by atoms with E-state index in [9.17, 15) is 0 Å². The van der Waals surface area contributed by atoms with Crippen LogP contribution in [0.1, 0.15) is 6.92 Å². The first-order valence-corrected chi connectivity index (χ1v) is 5.71. The molecule has 0 fully saturated rings. The van der Waals surface area contributed by atoms with Crippen LogP contribution in [0.3, 0.4) is 0 Å². The summed E-state index contributed by atoms with van der Waals surface area (Å²) in [7, 11) is 1.86. The SMILES string of the molecule is CCOc1ccccc1-c1ccc(NC)nc1. The molecule has 2 rings (SSSR count). The fourth-order valence-electron chi connectivity index (χ4n) is 1.69. The predicted molar refractivity (Wildman–Crippen MR) is 70.4 cm³/mol. The summed E-state index contributed by atoms with van der Waals surface area (Å²) in [5, 5.41) is 3.00. The Labute approximate surface area is 101 Å². The third kappa shape index (κ3) is 2.56. The maximum Gasteiger partial charge on any atom is 0.127 e. The molecule has 1 aromatic carbocycles. The van der Waals surface area contributed by atoms with Crippen molar-refractivity contribution in [2.45, 2.75) is 6.92 Å². The second-order valence-electron chi connectivity index (χ2n) is 3.61. The Morgan fingerprint density at radius 2 is 2.00 bits per heavy atom. The lowest BCUT2D eigenvalue weighted by Crippen LogP contribution is -1.95. The molecule has 17 heavy (non-hydrogen) atoms. The highest BCUT2D eigenvalue weighted by atomic mass is 16.5. The molecule has 0 saturated carbocycles. The number of nitrogens with zero attached hydrogens (tertiary/aromatic N) is 1. The lowest BCUT2D eigenvalue weighted by atomic mass is 10.1. The molecule has 3 heteroatoms. The topological polar surface area (TPSA) is 34.1 Å². The Kier molecular flexibility index (Phi) is 3.60. The van der Waals surface area contributed by atoms with Gasteiger partial charge in [-0.15, -0.1) is 0 Å². The van der Waals surface area contributed by atoms with Gasteiger partial charge in [-0.1, -0.05) is 18.2 Å². The fourth-order valence-corrected chi connectivity index (χ4v) is 1.69. The second kappa shape index (κ2) is 5.34. The van der Waals surface area contributed by atoms with Crippen molar-refractivity contribution in [3.05, 3.63) is 42.6 Å². The molecule has 88 valence electrons. The average molecular weight is 228 g/mol. The molecule has 1 heterocycles. The number of aromatic nitrogens is 1. The van der Waals surface area contributed by atoms with Gasteiger partial charge in [-0.05, 0) is 25.1 Å². The molecule has 0 saturated heterocycles. The molecule has 2 aromatic rings. The zero-order valence-corrected chi connectivity index (χ0v) is 10.1. The monoisotopic (exact) mass is 228 g/mol. The van der Waals surface area contributed by atoms with Gasteiger partial charge in [0.1, 0.15) is 11.6 Å². The summed E-state index contributed by atoms with van der Waals surface area (Å²) in [6.07, 6.45) is 1.85. The standard InChI is InChI=1S/C14H16N2O/c1-3-17-13-7-5-4-6-12(13)11-8-9-14(15-2)16-10-11/h4-10H,3H2,1-2H3,(H,15,16). The minimum absolute atomic E-state index is 0.666. The van der Waals surface area contributed by atoms with Gasteiger partial charge in [-0.2, -0.15) is 0 Å². The lowest BCUT2D eigenvalue weighted by Gasteiger charge is -2.10. The first-order valence-electron chi connectivity index (χ1n) is 5.71. The summed E-state index contributed by atoms with van der Waals surface area (Å²) in [5.41, 5.74) is 2.14. The molecule has 0 aliphatic heterocycles. The van der Waals surface area contributed by atoms with Gasteiger partial charge < -0.3 is 10.1 Å². The van der Waals surface area contributed by atoms with E-state index in [0.717, 1.165) is 22.7 Å². The molecule has 1 N–H and O–H groups in total. The third-order valence-electron chi connectivity index (χ3n) is 2.52. The first kappa shape index (κ1) is 11.5. The van der Waals surface area contributed by atoms with Crippen molar-refractivity contribution in [2.24, 2.45) is 0 Å². The smallest absolute Gasteiger partial charge is 0.127 e. The summed E-state index contributed by atoms with van der Waals surface area (Å²) in [4.78, 5) is 4.31. The summed E-state index contributed by atoms with van der Waals surface area (Å²) < 4.78 is 5.60. The van der Waals surface area contributed by atoms with Crippen LogP contribution in [0, 0.1) is 0 Å². The molecule has 0 bridgehead atoms. The molecule has 1 aromatic heterocycles. The van der Waals surface area contributed by atoms with Crippen LogP contribution in [0.5, 0.6) is 5.75 Å². The number of rotatable bonds is 4. The van der Waals surface area contributed by atoms with Gasteiger partial charge in [-0.25, -0.2) is 4.98 Å². The van der Waals surface area contributed by atoms with E-state index in [-0.39, 0.29) is 0 Å². The van der Waals surface area contributed by atoms with Crippen LogP contribution in [-0.2, 0) is 0 Å². The minimum atomic E-state index is 0.666. The molecular weight excluding hydrogens is 212 g/mol. The van der Waals surface area contributed by atoms with Crippen molar-refractivity contribution in [2.75, 3.05) is 19.0 Å². The number of nitrogens with one attached hydrogen (secondary N) is 1. The van der Waals surface area contributed by atoms with Gasteiger partial charge in [0.25, 0.3) is 0 Å². The Hall–Kier alpha value is -2.03. The maximum absolute atomic E-state index is 5.60. The fraction of sp³-hybridized carbons (Fsp3) is 0.214. The van der Waals surface area contributed by atoms with E-state index in [4.69, 9.17) is 4.74 Å². The van der Waals surface area contributed by atoms with Crippen LogP contribution in [0.4, 0.5) is 5.82 Å². The Morgan fingerprint density at radius 3 is 2.65 bits per heavy atom. The van der Waals surface area contributed by atoms with E-state index in [1.54, 1.807) is 0 Å². The van der Waals surface area contributed by atoms with Gasteiger partial charge in [0.15, 0.2) is 0 Å². The first-order chi connectivity index (χ1) is 8.35. The highest BCUT2D eigenvalue weighted by Gasteiger charge is 2.05. The Morgan fingerprint density at radius 1 is 1.18 bits per heavy atom. The van der Waals surface area contributed by atoms with E-state index in [0.29, 0.717) is 6.61 Å². The highest BCUT2D eigenvalue weighted by molar-refractivity contribution is 5.70. The zero-order valence-electron chi connectivity index (χ0n) is 10.1. The maximum atomic E-state index is 5.60. The molecule has 0 aliphatic carbocycles. The number of anilines is 1. The van der Waals surface area contributed by atoms with E-state index in [2.05, 4.69) is 10.3 Å². The highest BCUT2D eigenvalue weighted by Crippen LogP contribution is 2.29. The van der Waals surface area contributed by atoms with Gasteiger partial charge in [-0.3, -0.25) is 0 Å². The molecule has 0 atom stereocenters. The van der Waals surface area contributed by atoms with E-state index >= 15 is 0 Å². The van der Waals surface area contributed by atoms with Crippen molar-refractivity contribution < 1.29 is 4.74 Å². The number of ether oxygens (including phenoxy) is 1. The summed E-state index contributed by atoms with van der Waals surface area (Å²) in [6, 6.07) is 12.0. The normalized spacial score (nSPS) is 10.0.